The first-order valence-electron chi connectivity index (χ1n) is 10.8. The van der Waals surface area contributed by atoms with Crippen LogP contribution in [0.3, 0.4) is 0 Å². The molecule has 1 N–H and O–H groups in total. The fourth-order valence-corrected chi connectivity index (χ4v) is 4.75. The van der Waals surface area contributed by atoms with Crippen molar-refractivity contribution >= 4 is 39.7 Å². The zero-order chi connectivity index (χ0) is 23.9. The van der Waals surface area contributed by atoms with Crippen molar-refractivity contribution in [3.63, 3.8) is 0 Å². The molecular weight excluding hydrogens is 445 g/mol. The second-order valence-electron chi connectivity index (χ2n) is 9.25. The summed E-state index contributed by atoms with van der Waals surface area (Å²) in [6.45, 7) is 11.2. The molecule has 4 heterocycles. The van der Waals surface area contributed by atoms with E-state index in [0.29, 0.717) is 35.9 Å². The Labute approximate surface area is 196 Å². The summed E-state index contributed by atoms with van der Waals surface area (Å²) in [6.07, 6.45) is 3.04. The van der Waals surface area contributed by atoms with Gasteiger partial charge in [0.1, 0.15) is 5.60 Å². The van der Waals surface area contributed by atoms with Gasteiger partial charge in [-0.1, -0.05) is 0 Å². The van der Waals surface area contributed by atoms with Crippen molar-refractivity contribution in [3.8, 4) is 0 Å². The van der Waals surface area contributed by atoms with Gasteiger partial charge in [0.15, 0.2) is 11.5 Å². The summed E-state index contributed by atoms with van der Waals surface area (Å²) in [5.41, 5.74) is 0.746. The lowest BCUT2D eigenvalue weighted by Gasteiger charge is -2.40. The number of thiophene rings is 1. The molecule has 1 aliphatic heterocycles. The number of nitrogens with zero attached hydrogens (tertiary/aromatic N) is 4. The van der Waals surface area contributed by atoms with Crippen LogP contribution in [0, 0.1) is 12.7 Å². The second-order valence-corrected chi connectivity index (χ2v) is 10.3. The van der Waals surface area contributed by atoms with Crippen LogP contribution >= 0.6 is 11.3 Å². The van der Waals surface area contributed by atoms with E-state index in [1.807, 2.05) is 33.8 Å². The number of hydrogen-bond acceptors (Lipinski definition) is 6. The van der Waals surface area contributed by atoms with E-state index in [1.54, 1.807) is 34.7 Å². The van der Waals surface area contributed by atoms with Crippen LogP contribution in [0.15, 0.2) is 30.6 Å². The minimum absolute atomic E-state index is 0.0266. The highest BCUT2D eigenvalue weighted by atomic mass is 32.1. The molecule has 0 radical (unpaired) electrons. The van der Waals surface area contributed by atoms with Crippen molar-refractivity contribution in [2.24, 2.45) is 0 Å². The Kier molecular flexibility index (Phi) is 6.04. The molecule has 0 aliphatic carbocycles. The summed E-state index contributed by atoms with van der Waals surface area (Å²) in [7, 11) is 0. The molecule has 0 bridgehead atoms. The molecule has 4 rings (SSSR count). The number of carbonyl (C=O) groups is 2. The Morgan fingerprint density at radius 3 is 2.70 bits per heavy atom. The van der Waals surface area contributed by atoms with Gasteiger partial charge in [0, 0.05) is 44.1 Å². The van der Waals surface area contributed by atoms with Gasteiger partial charge in [-0.25, -0.2) is 14.2 Å². The number of imidazole rings is 1. The predicted octanol–water partition coefficient (Wildman–Crippen LogP) is 4.54. The van der Waals surface area contributed by atoms with E-state index in [0.717, 1.165) is 5.00 Å². The van der Waals surface area contributed by atoms with Crippen LogP contribution < -0.4 is 10.2 Å². The van der Waals surface area contributed by atoms with Crippen LogP contribution in [0.4, 0.5) is 19.9 Å². The zero-order valence-corrected chi connectivity index (χ0v) is 20.2. The number of ether oxygens (including phenoxy) is 1. The number of aromatic nitrogens is 2. The summed E-state index contributed by atoms with van der Waals surface area (Å²) in [5.74, 6) is -0.799. The molecule has 33 heavy (non-hydrogen) atoms. The summed E-state index contributed by atoms with van der Waals surface area (Å²) in [6, 6.07) is 4.90. The average Bonchev–Trinajstić information content (AvgIpc) is 3.33. The summed E-state index contributed by atoms with van der Waals surface area (Å²) >= 11 is 1.37. The average molecular weight is 474 g/mol. The first kappa shape index (κ1) is 23.0. The number of amides is 2. The SMILES string of the molecule is Cc1cn2cc(NC(=O)c3ccc(N4CCN(C(=O)OC(C)(C)C)C(C)C4)s3)cc(F)c2n1. The van der Waals surface area contributed by atoms with Crippen molar-refractivity contribution in [2.45, 2.75) is 46.3 Å². The Hall–Kier alpha value is -3.14. The Morgan fingerprint density at radius 1 is 1.24 bits per heavy atom. The summed E-state index contributed by atoms with van der Waals surface area (Å²) < 4.78 is 21.4. The monoisotopic (exact) mass is 473 g/mol. The fraction of sp³-hybridized carbons (Fsp3) is 0.435. The third-order valence-electron chi connectivity index (χ3n) is 5.27. The van der Waals surface area contributed by atoms with E-state index < -0.39 is 11.4 Å². The number of pyridine rings is 1. The number of halogens is 1. The molecular formula is C23H28FN5O3S. The van der Waals surface area contributed by atoms with Crippen LogP contribution in [0.2, 0.25) is 0 Å². The van der Waals surface area contributed by atoms with Crippen molar-refractivity contribution in [1.82, 2.24) is 14.3 Å². The van der Waals surface area contributed by atoms with Gasteiger partial charge in [0.2, 0.25) is 0 Å². The maximum absolute atomic E-state index is 14.3. The number of rotatable bonds is 3. The van der Waals surface area contributed by atoms with Crippen LogP contribution in [0.25, 0.3) is 5.65 Å². The highest BCUT2D eigenvalue weighted by Gasteiger charge is 2.31. The molecule has 1 fully saturated rings. The van der Waals surface area contributed by atoms with Gasteiger partial charge >= 0.3 is 6.09 Å². The Morgan fingerprint density at radius 2 is 2.00 bits per heavy atom. The number of fused-ring (bicyclic) bond motifs is 1. The number of aryl methyl sites for hydroxylation is 1. The lowest BCUT2D eigenvalue weighted by atomic mass is 10.2. The largest absolute Gasteiger partial charge is 0.444 e. The second kappa shape index (κ2) is 8.66. The van der Waals surface area contributed by atoms with Gasteiger partial charge in [-0.2, -0.15) is 0 Å². The van der Waals surface area contributed by atoms with E-state index in [-0.39, 0.29) is 23.7 Å². The van der Waals surface area contributed by atoms with Crippen LogP contribution in [0.1, 0.15) is 43.1 Å². The van der Waals surface area contributed by atoms with Crippen molar-refractivity contribution in [1.29, 1.82) is 0 Å². The minimum atomic E-state index is -0.534. The quantitative estimate of drug-likeness (QED) is 0.604. The molecule has 3 aromatic heterocycles. The molecule has 1 saturated heterocycles. The van der Waals surface area contributed by atoms with Crippen LogP contribution in [-0.2, 0) is 4.74 Å². The van der Waals surface area contributed by atoms with Gasteiger partial charge < -0.3 is 24.3 Å². The molecule has 176 valence electrons. The van der Waals surface area contributed by atoms with Crippen molar-refractivity contribution in [2.75, 3.05) is 29.9 Å². The summed E-state index contributed by atoms with van der Waals surface area (Å²) in [4.78, 5) is 33.8. The lowest BCUT2D eigenvalue weighted by molar-refractivity contribution is 0.0159. The van der Waals surface area contributed by atoms with E-state index in [1.165, 1.54) is 17.4 Å². The lowest BCUT2D eigenvalue weighted by Crippen LogP contribution is -2.55. The highest BCUT2D eigenvalue weighted by Crippen LogP contribution is 2.29. The van der Waals surface area contributed by atoms with E-state index in [9.17, 15) is 14.0 Å². The normalized spacial score (nSPS) is 16.8. The van der Waals surface area contributed by atoms with Crippen LogP contribution in [0.5, 0.6) is 0 Å². The third-order valence-corrected chi connectivity index (χ3v) is 6.41. The number of piperazine rings is 1. The number of hydrogen-bond donors (Lipinski definition) is 1. The number of anilines is 2. The van der Waals surface area contributed by atoms with Gasteiger partial charge in [0.05, 0.1) is 21.3 Å². The molecule has 0 aromatic carbocycles. The molecule has 1 atom stereocenters. The molecule has 0 spiro atoms. The van der Waals surface area contributed by atoms with Crippen LogP contribution in [-0.4, -0.2) is 57.6 Å². The Balaban J connectivity index is 1.41. The minimum Gasteiger partial charge on any atom is -0.444 e. The predicted molar refractivity (Wildman–Crippen MR) is 127 cm³/mol. The molecule has 3 aromatic rings. The van der Waals surface area contributed by atoms with E-state index in [2.05, 4.69) is 15.2 Å². The molecule has 1 aliphatic rings. The standard InChI is InChI=1S/C23H28FN5O3S/c1-14-11-28-13-16(10-17(24)20(28)25-14)26-21(30)18-6-7-19(33-18)27-8-9-29(15(2)12-27)22(31)32-23(3,4)5/h6-7,10-11,13,15H,8-9,12H2,1-5H3,(H,26,30). The van der Waals surface area contributed by atoms with Gasteiger partial charge in [0.25, 0.3) is 5.91 Å². The molecule has 2 amide bonds. The van der Waals surface area contributed by atoms with E-state index >= 15 is 0 Å². The smallest absolute Gasteiger partial charge is 0.410 e. The Bertz CT molecular complexity index is 1200. The maximum atomic E-state index is 14.3. The van der Waals surface area contributed by atoms with E-state index in [4.69, 9.17) is 4.74 Å². The van der Waals surface area contributed by atoms with Crippen molar-refractivity contribution < 1.29 is 18.7 Å². The van der Waals surface area contributed by atoms with Gasteiger partial charge in [-0.05, 0) is 46.8 Å². The maximum Gasteiger partial charge on any atom is 0.410 e. The van der Waals surface area contributed by atoms with Crippen molar-refractivity contribution in [3.05, 3.63) is 47.0 Å². The fourth-order valence-electron chi connectivity index (χ4n) is 3.81. The molecule has 1 unspecified atom stereocenters. The highest BCUT2D eigenvalue weighted by molar-refractivity contribution is 7.18. The third kappa shape index (κ3) is 5.11. The summed E-state index contributed by atoms with van der Waals surface area (Å²) in [5, 5.41) is 3.71. The number of nitrogens with one attached hydrogen (secondary N) is 1. The number of carbonyl (C=O) groups excluding carboxylic acids is 2. The van der Waals surface area contributed by atoms with Gasteiger partial charge in [-0.15, -0.1) is 11.3 Å². The molecule has 8 nitrogen and oxygen atoms in total. The molecule has 10 heteroatoms. The van der Waals surface area contributed by atoms with Gasteiger partial charge in [-0.3, -0.25) is 4.79 Å². The first-order chi connectivity index (χ1) is 15.5. The topological polar surface area (TPSA) is 79.2 Å². The zero-order valence-electron chi connectivity index (χ0n) is 19.4. The first-order valence-corrected chi connectivity index (χ1v) is 11.6. The molecule has 0 saturated carbocycles.